The smallest absolute Gasteiger partial charge is 0.144 e. The summed E-state index contributed by atoms with van der Waals surface area (Å²) in [7, 11) is 10.2. The highest BCUT2D eigenvalue weighted by Crippen LogP contribution is 2.25. The van der Waals surface area contributed by atoms with Crippen molar-refractivity contribution in [3.63, 3.8) is 0 Å². The Morgan fingerprint density at radius 3 is 2.08 bits per heavy atom. The molecule has 0 aliphatic heterocycles. The molecule has 0 aliphatic carbocycles. The van der Waals surface area contributed by atoms with Crippen molar-refractivity contribution in [1.82, 2.24) is 4.98 Å². The van der Waals surface area contributed by atoms with E-state index in [2.05, 4.69) is 60.8 Å². The predicted molar refractivity (Wildman–Crippen MR) is 122 cm³/mol. The first-order chi connectivity index (χ1) is 11.8. The molecule has 2 aromatic carbocycles. The Morgan fingerprint density at radius 2 is 1.48 bits per heavy atom. The molecule has 7 heteroatoms. The number of aryl methyl sites for hydroxylation is 1. The topological polar surface area (TPSA) is 33.1 Å². The Kier molecular flexibility index (Phi) is 4.59. The van der Waals surface area contributed by atoms with Crippen LogP contribution in [0.1, 0.15) is 5.56 Å². The molecule has 25 heavy (non-hydrogen) atoms. The van der Waals surface area contributed by atoms with Crippen LogP contribution in [0.5, 0.6) is 5.75 Å². The third kappa shape index (κ3) is 3.04. The number of rotatable bonds is 2. The lowest BCUT2D eigenvalue weighted by Gasteiger charge is -2.20. The van der Waals surface area contributed by atoms with Crippen molar-refractivity contribution in [1.29, 1.82) is 0 Å². The minimum atomic E-state index is 0.389. The third-order valence-electron chi connectivity index (χ3n) is 5.31. The van der Waals surface area contributed by atoms with E-state index < -0.39 is 0 Å². The third-order valence-corrected chi connectivity index (χ3v) is 5.31. The standard InChI is InChI=1S/C18H20B5NO/c1-8-6-12(9-2-4-10(19)5-3-9)24-7-11(8)13-14(20)16(22)17(23)18(25)15(13)21/h2-7,25H,19-23H2,1H3. The molecule has 0 radical (unpaired) electrons. The van der Waals surface area contributed by atoms with Crippen molar-refractivity contribution in [3.05, 3.63) is 42.1 Å². The van der Waals surface area contributed by atoms with Gasteiger partial charge >= 0.3 is 0 Å². The van der Waals surface area contributed by atoms with Gasteiger partial charge < -0.3 is 5.11 Å². The quantitative estimate of drug-likeness (QED) is 0.485. The second-order valence-corrected chi connectivity index (χ2v) is 6.97. The highest BCUT2D eigenvalue weighted by molar-refractivity contribution is 6.62. The zero-order valence-corrected chi connectivity index (χ0v) is 15.9. The second kappa shape index (κ2) is 6.55. The van der Waals surface area contributed by atoms with Gasteiger partial charge in [0.15, 0.2) is 0 Å². The molecule has 0 saturated carbocycles. The fourth-order valence-electron chi connectivity index (χ4n) is 3.43. The van der Waals surface area contributed by atoms with Gasteiger partial charge in [-0.3, -0.25) is 4.98 Å². The number of nitrogens with zero attached hydrogens (tertiary/aromatic N) is 1. The summed E-state index contributed by atoms with van der Waals surface area (Å²) in [5.74, 6) is 0.389. The van der Waals surface area contributed by atoms with Crippen LogP contribution in [0.15, 0.2) is 36.5 Å². The Balaban J connectivity index is 2.16. The van der Waals surface area contributed by atoms with E-state index in [1.807, 2.05) is 21.9 Å². The van der Waals surface area contributed by atoms with E-state index in [0.717, 1.165) is 38.8 Å². The number of hydrogen-bond donors (Lipinski definition) is 1. The highest BCUT2D eigenvalue weighted by atomic mass is 16.3. The summed E-state index contributed by atoms with van der Waals surface area (Å²) in [6.45, 7) is 2.11. The van der Waals surface area contributed by atoms with Gasteiger partial charge in [0.25, 0.3) is 0 Å². The van der Waals surface area contributed by atoms with Gasteiger partial charge in [0.2, 0.25) is 0 Å². The molecule has 1 heterocycles. The first-order valence-corrected chi connectivity index (χ1v) is 8.64. The van der Waals surface area contributed by atoms with Crippen LogP contribution in [-0.4, -0.2) is 49.3 Å². The SMILES string of the molecule is Bc1ccc(-c2cc(C)c(-c3c(B)c(B)c(B)c(O)c3B)cn2)cc1. The molecule has 3 rings (SSSR count). The van der Waals surface area contributed by atoms with Gasteiger partial charge in [-0.25, -0.2) is 0 Å². The largest absolute Gasteiger partial charge is 0.509 e. The molecule has 0 unspecified atom stereocenters. The second-order valence-electron chi connectivity index (χ2n) is 6.97. The van der Waals surface area contributed by atoms with Crippen molar-refractivity contribution in [2.45, 2.75) is 6.92 Å². The predicted octanol–water partition coefficient (Wildman–Crippen LogP) is -4.28. The first kappa shape index (κ1) is 17.5. The average molecular weight is 320 g/mol. The highest BCUT2D eigenvalue weighted by Gasteiger charge is 2.16. The van der Waals surface area contributed by atoms with E-state index in [-0.39, 0.29) is 0 Å². The maximum Gasteiger partial charge on any atom is 0.144 e. The van der Waals surface area contributed by atoms with Crippen LogP contribution in [0.3, 0.4) is 0 Å². The van der Waals surface area contributed by atoms with Crippen LogP contribution >= 0.6 is 0 Å². The minimum Gasteiger partial charge on any atom is -0.509 e. The monoisotopic (exact) mass is 321 g/mol. The lowest BCUT2D eigenvalue weighted by Crippen LogP contribution is -2.44. The van der Waals surface area contributed by atoms with Crippen LogP contribution < -0.4 is 27.3 Å². The number of benzene rings is 2. The fourth-order valence-corrected chi connectivity index (χ4v) is 3.43. The summed E-state index contributed by atoms with van der Waals surface area (Å²) in [6, 6.07) is 10.6. The first-order valence-electron chi connectivity index (χ1n) is 8.64. The van der Waals surface area contributed by atoms with Gasteiger partial charge in [0.05, 0.1) is 5.69 Å². The molecule has 2 nitrogen and oxygen atoms in total. The van der Waals surface area contributed by atoms with E-state index in [1.54, 1.807) is 0 Å². The lowest BCUT2D eigenvalue weighted by atomic mass is 9.65. The molecule has 3 aromatic rings. The van der Waals surface area contributed by atoms with Gasteiger partial charge in [0, 0.05) is 17.3 Å². The molecular formula is C18H20B5NO. The maximum absolute atomic E-state index is 10.5. The van der Waals surface area contributed by atoms with Gasteiger partial charge in [-0.15, -0.1) is 0 Å². The van der Waals surface area contributed by atoms with Gasteiger partial charge in [0.1, 0.15) is 45.0 Å². The van der Waals surface area contributed by atoms with Crippen molar-refractivity contribution in [3.8, 4) is 28.1 Å². The molecule has 0 amide bonds. The van der Waals surface area contributed by atoms with E-state index >= 15 is 0 Å². The summed E-state index contributed by atoms with van der Waals surface area (Å²) < 4.78 is 0. The van der Waals surface area contributed by atoms with Crippen molar-refractivity contribution < 1.29 is 5.11 Å². The van der Waals surface area contributed by atoms with E-state index in [0.29, 0.717) is 5.75 Å². The van der Waals surface area contributed by atoms with Crippen molar-refractivity contribution >= 4 is 66.5 Å². The number of pyridine rings is 1. The van der Waals surface area contributed by atoms with Crippen LogP contribution in [-0.2, 0) is 0 Å². The zero-order chi connectivity index (χ0) is 18.3. The van der Waals surface area contributed by atoms with Gasteiger partial charge in [-0.1, -0.05) is 46.1 Å². The van der Waals surface area contributed by atoms with Crippen LogP contribution in [0.25, 0.3) is 22.4 Å². The molecule has 0 spiro atoms. The molecule has 0 aliphatic rings. The number of aromatic nitrogens is 1. The van der Waals surface area contributed by atoms with Crippen molar-refractivity contribution in [2.24, 2.45) is 0 Å². The Morgan fingerprint density at radius 1 is 0.840 bits per heavy atom. The fraction of sp³-hybridized carbons (Fsp3) is 0.0556. The van der Waals surface area contributed by atoms with Crippen molar-refractivity contribution in [2.75, 3.05) is 0 Å². The Hall–Kier alpha value is -2.29. The molecule has 0 bridgehead atoms. The molecule has 118 valence electrons. The van der Waals surface area contributed by atoms with E-state index in [9.17, 15) is 5.11 Å². The number of phenols is 1. The van der Waals surface area contributed by atoms with Crippen LogP contribution in [0, 0.1) is 6.92 Å². The summed E-state index contributed by atoms with van der Waals surface area (Å²) in [4.78, 5) is 4.70. The van der Waals surface area contributed by atoms with Crippen LogP contribution in [0.4, 0.5) is 0 Å². The van der Waals surface area contributed by atoms with E-state index in [1.165, 1.54) is 16.5 Å². The summed E-state index contributed by atoms with van der Waals surface area (Å²) in [5, 5.41) is 10.5. The Bertz CT molecular complexity index is 941. The number of aromatic hydroxyl groups is 1. The molecule has 1 N–H and O–H groups in total. The Labute approximate surface area is 154 Å². The molecule has 0 atom stereocenters. The van der Waals surface area contributed by atoms with Gasteiger partial charge in [-0.2, -0.15) is 0 Å². The molecule has 0 fully saturated rings. The molecular weight excluding hydrogens is 300 g/mol. The summed E-state index contributed by atoms with van der Waals surface area (Å²) in [6.07, 6.45) is 1.94. The maximum atomic E-state index is 10.5. The molecule has 0 saturated heterocycles. The number of phenolic OH excluding ortho intramolecular Hbond substituents is 1. The minimum absolute atomic E-state index is 0.389. The summed E-state index contributed by atoms with van der Waals surface area (Å²) >= 11 is 0. The average Bonchev–Trinajstić information content (AvgIpc) is 2.60. The zero-order valence-electron chi connectivity index (χ0n) is 15.9. The molecule has 1 aromatic heterocycles. The normalized spacial score (nSPS) is 10.8. The number of hydrogen-bond acceptors (Lipinski definition) is 2. The summed E-state index contributed by atoms with van der Waals surface area (Å²) in [5.41, 5.74) is 10.9. The van der Waals surface area contributed by atoms with E-state index in [4.69, 9.17) is 4.98 Å². The lowest BCUT2D eigenvalue weighted by molar-refractivity contribution is 0.484. The van der Waals surface area contributed by atoms with Gasteiger partial charge in [-0.05, 0) is 29.6 Å². The van der Waals surface area contributed by atoms with Crippen LogP contribution in [0.2, 0.25) is 0 Å².